The second-order valence-electron chi connectivity index (χ2n) is 2.99. The van der Waals surface area contributed by atoms with Gasteiger partial charge in [0.1, 0.15) is 6.17 Å². The fourth-order valence-electron chi connectivity index (χ4n) is 1.17. The van der Waals surface area contributed by atoms with Gasteiger partial charge >= 0.3 is 6.09 Å². The Morgan fingerprint density at radius 1 is 1.20 bits per heavy atom. The van der Waals surface area contributed by atoms with E-state index in [1.54, 1.807) is 24.3 Å². The summed E-state index contributed by atoms with van der Waals surface area (Å²) in [6.45, 7) is 1.33. The molecular weight excluding hydrogens is 196 g/mol. The highest BCUT2D eigenvalue weighted by atomic mass is 16.4. The van der Waals surface area contributed by atoms with Crippen LogP contribution >= 0.6 is 0 Å². The second-order valence-corrected chi connectivity index (χ2v) is 2.99. The van der Waals surface area contributed by atoms with Crippen molar-refractivity contribution in [2.45, 2.75) is 13.1 Å². The Morgan fingerprint density at radius 2 is 1.80 bits per heavy atom. The van der Waals surface area contributed by atoms with Gasteiger partial charge in [-0.2, -0.15) is 0 Å². The Balaban J connectivity index is 2.81. The normalized spacial score (nSPS) is 11.5. The molecule has 0 bridgehead atoms. The summed E-state index contributed by atoms with van der Waals surface area (Å²) >= 11 is 0. The maximum Gasteiger partial charge on any atom is 0.406 e. The molecule has 3 N–H and O–H groups in total. The third-order valence-corrected chi connectivity index (χ3v) is 1.75. The standard InChI is InChI=1S/C10H12N2O3/c1-7(13)11-9(12-10(14)15)8-5-3-2-4-6-8/h2-6,9,12H,1H3,(H,11,13)(H,14,15). The van der Waals surface area contributed by atoms with Crippen LogP contribution in [0.3, 0.4) is 0 Å². The van der Waals surface area contributed by atoms with Gasteiger partial charge < -0.3 is 10.4 Å². The summed E-state index contributed by atoms with van der Waals surface area (Å²) in [6.07, 6.45) is -1.89. The highest BCUT2D eigenvalue weighted by Gasteiger charge is 2.13. The van der Waals surface area contributed by atoms with Gasteiger partial charge in [-0.1, -0.05) is 30.3 Å². The van der Waals surface area contributed by atoms with E-state index in [1.807, 2.05) is 6.07 Å². The zero-order valence-corrected chi connectivity index (χ0v) is 8.23. The summed E-state index contributed by atoms with van der Waals surface area (Å²) < 4.78 is 0. The molecule has 1 unspecified atom stereocenters. The SMILES string of the molecule is CC(=O)NC(NC(=O)O)c1ccccc1. The summed E-state index contributed by atoms with van der Waals surface area (Å²) in [5.74, 6) is -0.294. The highest BCUT2D eigenvalue weighted by molar-refractivity contribution is 5.74. The smallest absolute Gasteiger partial charge is 0.406 e. The average Bonchev–Trinajstić information content (AvgIpc) is 2.17. The number of rotatable bonds is 3. The van der Waals surface area contributed by atoms with Gasteiger partial charge in [0, 0.05) is 6.92 Å². The van der Waals surface area contributed by atoms with E-state index in [9.17, 15) is 9.59 Å². The van der Waals surface area contributed by atoms with Crippen molar-refractivity contribution in [2.75, 3.05) is 0 Å². The summed E-state index contributed by atoms with van der Waals surface area (Å²) in [6, 6.07) is 8.82. The predicted octanol–water partition coefficient (Wildman–Crippen LogP) is 1.09. The van der Waals surface area contributed by atoms with Crippen molar-refractivity contribution in [3.05, 3.63) is 35.9 Å². The molecule has 0 aliphatic rings. The van der Waals surface area contributed by atoms with Crippen LogP contribution in [-0.2, 0) is 4.79 Å². The predicted molar refractivity (Wildman–Crippen MR) is 54.2 cm³/mol. The Kier molecular flexibility index (Phi) is 3.68. The number of hydrogen-bond donors (Lipinski definition) is 3. The van der Waals surface area contributed by atoms with E-state index < -0.39 is 12.3 Å². The van der Waals surface area contributed by atoms with Gasteiger partial charge in [-0.3, -0.25) is 10.1 Å². The van der Waals surface area contributed by atoms with E-state index >= 15 is 0 Å². The van der Waals surface area contributed by atoms with E-state index in [0.29, 0.717) is 5.56 Å². The van der Waals surface area contributed by atoms with Crippen molar-refractivity contribution >= 4 is 12.0 Å². The minimum atomic E-state index is -1.18. The molecule has 0 aromatic heterocycles. The van der Waals surface area contributed by atoms with E-state index in [1.165, 1.54) is 6.92 Å². The molecular formula is C10H12N2O3. The number of carboxylic acid groups (broad SMARTS) is 1. The van der Waals surface area contributed by atoms with Crippen LogP contribution in [0.4, 0.5) is 4.79 Å². The number of carbonyl (C=O) groups is 2. The molecule has 1 aromatic carbocycles. The Bertz CT molecular complexity index is 335. The minimum absolute atomic E-state index is 0.294. The first kappa shape index (κ1) is 11.0. The lowest BCUT2D eigenvalue weighted by Crippen LogP contribution is -2.39. The lowest BCUT2D eigenvalue weighted by Gasteiger charge is -2.17. The van der Waals surface area contributed by atoms with Crippen molar-refractivity contribution in [1.29, 1.82) is 0 Å². The quantitative estimate of drug-likeness (QED) is 0.650. The molecule has 0 radical (unpaired) electrons. The Labute approximate surface area is 87.1 Å². The molecule has 80 valence electrons. The van der Waals surface area contributed by atoms with Crippen LogP contribution in [0.1, 0.15) is 18.7 Å². The zero-order valence-electron chi connectivity index (χ0n) is 8.23. The molecule has 0 fully saturated rings. The second kappa shape index (κ2) is 4.99. The minimum Gasteiger partial charge on any atom is -0.465 e. The number of carbonyl (C=O) groups excluding carboxylic acids is 1. The van der Waals surface area contributed by atoms with Gasteiger partial charge in [0.05, 0.1) is 0 Å². The summed E-state index contributed by atoms with van der Waals surface area (Å²) in [5, 5.41) is 13.3. The van der Waals surface area contributed by atoms with Crippen LogP contribution in [0.25, 0.3) is 0 Å². The molecule has 1 atom stereocenters. The molecule has 1 rings (SSSR count). The number of nitrogens with one attached hydrogen (secondary N) is 2. The van der Waals surface area contributed by atoms with E-state index in [2.05, 4.69) is 10.6 Å². The number of hydrogen-bond acceptors (Lipinski definition) is 2. The third kappa shape index (κ3) is 3.68. The summed E-state index contributed by atoms with van der Waals surface area (Å²) in [5.41, 5.74) is 0.690. The van der Waals surface area contributed by atoms with Gasteiger partial charge in [-0.15, -0.1) is 0 Å². The maximum absolute atomic E-state index is 10.9. The molecule has 1 aromatic rings. The van der Waals surface area contributed by atoms with Gasteiger partial charge in [-0.25, -0.2) is 4.79 Å². The Morgan fingerprint density at radius 3 is 2.27 bits per heavy atom. The van der Waals surface area contributed by atoms with Crippen LogP contribution in [0.15, 0.2) is 30.3 Å². The lowest BCUT2D eigenvalue weighted by atomic mass is 10.2. The van der Waals surface area contributed by atoms with Gasteiger partial charge in [-0.05, 0) is 5.56 Å². The fourth-order valence-corrected chi connectivity index (χ4v) is 1.17. The lowest BCUT2D eigenvalue weighted by molar-refractivity contribution is -0.119. The number of benzene rings is 1. The first-order valence-electron chi connectivity index (χ1n) is 4.41. The van der Waals surface area contributed by atoms with Crippen LogP contribution in [0, 0.1) is 0 Å². The third-order valence-electron chi connectivity index (χ3n) is 1.75. The van der Waals surface area contributed by atoms with E-state index in [-0.39, 0.29) is 5.91 Å². The molecule has 5 heteroatoms. The topological polar surface area (TPSA) is 78.4 Å². The van der Waals surface area contributed by atoms with Crippen molar-refractivity contribution < 1.29 is 14.7 Å². The monoisotopic (exact) mass is 208 g/mol. The molecule has 0 saturated heterocycles. The first-order chi connectivity index (χ1) is 7.09. The molecule has 0 aliphatic heterocycles. The van der Waals surface area contributed by atoms with Crippen molar-refractivity contribution in [3.63, 3.8) is 0 Å². The molecule has 15 heavy (non-hydrogen) atoms. The zero-order chi connectivity index (χ0) is 11.3. The van der Waals surface area contributed by atoms with Gasteiger partial charge in [0.15, 0.2) is 0 Å². The number of amides is 2. The van der Waals surface area contributed by atoms with Crippen LogP contribution < -0.4 is 10.6 Å². The highest BCUT2D eigenvalue weighted by Crippen LogP contribution is 2.08. The van der Waals surface area contributed by atoms with Gasteiger partial charge in [0.25, 0.3) is 0 Å². The molecule has 0 saturated carbocycles. The Hall–Kier alpha value is -2.04. The van der Waals surface area contributed by atoms with Crippen molar-refractivity contribution in [1.82, 2.24) is 10.6 Å². The van der Waals surface area contributed by atoms with Crippen molar-refractivity contribution in [2.24, 2.45) is 0 Å². The summed E-state index contributed by atoms with van der Waals surface area (Å²) in [7, 11) is 0. The molecule has 2 amide bonds. The van der Waals surface area contributed by atoms with E-state index in [0.717, 1.165) is 0 Å². The first-order valence-corrected chi connectivity index (χ1v) is 4.41. The van der Waals surface area contributed by atoms with Crippen LogP contribution in [0.2, 0.25) is 0 Å². The fraction of sp³-hybridized carbons (Fsp3) is 0.200. The summed E-state index contributed by atoms with van der Waals surface area (Å²) in [4.78, 5) is 21.4. The maximum atomic E-state index is 10.9. The van der Waals surface area contributed by atoms with Crippen LogP contribution in [0.5, 0.6) is 0 Å². The average molecular weight is 208 g/mol. The van der Waals surface area contributed by atoms with Crippen LogP contribution in [-0.4, -0.2) is 17.1 Å². The van der Waals surface area contributed by atoms with Crippen molar-refractivity contribution in [3.8, 4) is 0 Å². The molecule has 0 spiro atoms. The molecule has 0 aliphatic carbocycles. The van der Waals surface area contributed by atoms with Gasteiger partial charge in [0.2, 0.25) is 5.91 Å². The molecule has 5 nitrogen and oxygen atoms in total. The van der Waals surface area contributed by atoms with E-state index in [4.69, 9.17) is 5.11 Å². The molecule has 0 heterocycles. The largest absolute Gasteiger partial charge is 0.465 e.